The number of benzene rings is 1. The third-order valence-corrected chi connectivity index (χ3v) is 4.00. The van der Waals surface area contributed by atoms with Crippen LogP contribution in [-0.4, -0.2) is 55.0 Å². The molecule has 1 fully saturated rings. The molecule has 1 saturated heterocycles. The van der Waals surface area contributed by atoms with Crippen LogP contribution < -0.4 is 9.47 Å². The van der Waals surface area contributed by atoms with Gasteiger partial charge in [-0.25, -0.2) is 0 Å². The zero-order chi connectivity index (χ0) is 15.0. The van der Waals surface area contributed by atoms with Gasteiger partial charge in [-0.2, -0.15) is 0 Å². The predicted octanol–water partition coefficient (Wildman–Crippen LogP) is 1.39. The summed E-state index contributed by atoms with van der Waals surface area (Å²) in [5.41, 5.74) is 1.07. The summed E-state index contributed by atoms with van der Waals surface area (Å²) in [5, 5.41) is 9.77. The van der Waals surface area contributed by atoms with E-state index in [9.17, 15) is 9.90 Å². The van der Waals surface area contributed by atoms with E-state index < -0.39 is 0 Å². The van der Waals surface area contributed by atoms with Crippen molar-refractivity contribution in [2.24, 2.45) is 4.99 Å². The van der Waals surface area contributed by atoms with Crippen LogP contribution in [0.2, 0.25) is 0 Å². The summed E-state index contributed by atoms with van der Waals surface area (Å²) in [4.78, 5) is 18.9. The summed E-state index contributed by atoms with van der Waals surface area (Å²) in [7, 11) is 3.08. The lowest BCUT2D eigenvalue weighted by Gasteiger charge is -2.35. The fourth-order valence-corrected chi connectivity index (χ4v) is 2.84. The summed E-state index contributed by atoms with van der Waals surface area (Å²) in [5.74, 6) is 0.969. The number of fused-ring (bicyclic) bond motifs is 2. The van der Waals surface area contributed by atoms with E-state index in [0.717, 1.165) is 0 Å². The standard InChI is InChI=1S/C15H18N2O4/c1-20-13-6-11-12(7-14(13)21-2)16-8-9-5-10(18)3-4-17(9)15(11)19/h6-10,18H,3-5H2,1-2H3/t9?,10-/m1/s1. The van der Waals surface area contributed by atoms with Crippen LogP contribution in [0.3, 0.4) is 0 Å². The van der Waals surface area contributed by atoms with E-state index >= 15 is 0 Å². The Kier molecular flexibility index (Phi) is 3.55. The smallest absolute Gasteiger partial charge is 0.256 e. The van der Waals surface area contributed by atoms with Crippen molar-refractivity contribution < 1.29 is 19.4 Å². The van der Waals surface area contributed by atoms with Gasteiger partial charge in [-0.1, -0.05) is 0 Å². The average molecular weight is 290 g/mol. The maximum absolute atomic E-state index is 12.7. The van der Waals surface area contributed by atoms with Gasteiger partial charge in [-0.05, 0) is 18.9 Å². The van der Waals surface area contributed by atoms with Gasteiger partial charge in [0.05, 0.1) is 37.6 Å². The molecule has 21 heavy (non-hydrogen) atoms. The van der Waals surface area contributed by atoms with Gasteiger partial charge in [0, 0.05) is 18.8 Å². The predicted molar refractivity (Wildman–Crippen MR) is 77.8 cm³/mol. The number of aliphatic hydroxyl groups excluding tert-OH is 1. The van der Waals surface area contributed by atoms with Crippen LogP contribution in [0, 0.1) is 0 Å². The van der Waals surface area contributed by atoms with Crippen molar-refractivity contribution in [2.45, 2.75) is 25.0 Å². The highest BCUT2D eigenvalue weighted by molar-refractivity contribution is 6.03. The van der Waals surface area contributed by atoms with E-state index in [-0.39, 0.29) is 18.1 Å². The van der Waals surface area contributed by atoms with E-state index in [2.05, 4.69) is 4.99 Å². The molecule has 0 aliphatic carbocycles. The van der Waals surface area contributed by atoms with Crippen molar-refractivity contribution >= 4 is 17.8 Å². The largest absolute Gasteiger partial charge is 0.493 e. The first-order valence-electron chi connectivity index (χ1n) is 6.93. The minimum Gasteiger partial charge on any atom is -0.493 e. The number of carbonyl (C=O) groups is 1. The third kappa shape index (κ3) is 2.35. The van der Waals surface area contributed by atoms with Crippen molar-refractivity contribution in [3.05, 3.63) is 17.7 Å². The zero-order valence-electron chi connectivity index (χ0n) is 12.1. The molecule has 112 valence electrons. The highest BCUT2D eigenvalue weighted by atomic mass is 16.5. The number of methoxy groups -OCH3 is 2. The van der Waals surface area contributed by atoms with Crippen molar-refractivity contribution in [3.63, 3.8) is 0 Å². The average Bonchev–Trinajstić information content (AvgIpc) is 2.63. The normalized spacial score (nSPS) is 24.1. The number of ether oxygens (including phenoxy) is 2. The molecule has 1 N–H and O–H groups in total. The van der Waals surface area contributed by atoms with Crippen molar-refractivity contribution in [2.75, 3.05) is 20.8 Å². The minimum atomic E-state index is -0.379. The minimum absolute atomic E-state index is 0.0830. The Morgan fingerprint density at radius 1 is 1.29 bits per heavy atom. The molecule has 6 nitrogen and oxygen atoms in total. The SMILES string of the molecule is COc1cc2c(cc1OC)C(=O)N1CC[C@@H](O)CC1C=N2. The summed E-state index contributed by atoms with van der Waals surface area (Å²) >= 11 is 0. The number of aliphatic imine (C=N–C) groups is 1. The maximum Gasteiger partial charge on any atom is 0.256 e. The lowest BCUT2D eigenvalue weighted by atomic mass is 9.99. The molecule has 0 aromatic heterocycles. The highest BCUT2D eigenvalue weighted by Crippen LogP contribution is 2.37. The second-order valence-electron chi connectivity index (χ2n) is 5.25. The zero-order valence-corrected chi connectivity index (χ0v) is 12.1. The summed E-state index contributed by atoms with van der Waals surface area (Å²) in [6.07, 6.45) is 2.48. The van der Waals surface area contributed by atoms with E-state index in [1.807, 2.05) is 0 Å². The molecule has 0 bridgehead atoms. The van der Waals surface area contributed by atoms with Crippen LogP contribution in [0.15, 0.2) is 17.1 Å². The molecule has 0 saturated carbocycles. The Labute approximate surface area is 123 Å². The number of rotatable bonds is 2. The Morgan fingerprint density at radius 3 is 2.71 bits per heavy atom. The van der Waals surface area contributed by atoms with Crippen LogP contribution in [0.1, 0.15) is 23.2 Å². The Hall–Kier alpha value is -2.08. The number of carbonyl (C=O) groups excluding carboxylic acids is 1. The first-order valence-corrected chi connectivity index (χ1v) is 6.93. The monoisotopic (exact) mass is 290 g/mol. The van der Waals surface area contributed by atoms with Gasteiger partial charge in [-0.15, -0.1) is 0 Å². The van der Waals surface area contributed by atoms with Crippen molar-refractivity contribution in [3.8, 4) is 11.5 Å². The molecule has 2 aliphatic heterocycles. The van der Waals surface area contributed by atoms with Crippen LogP contribution >= 0.6 is 0 Å². The molecule has 2 aliphatic rings. The maximum atomic E-state index is 12.7. The van der Waals surface area contributed by atoms with Crippen LogP contribution in [-0.2, 0) is 0 Å². The molecule has 0 radical (unpaired) electrons. The molecule has 3 rings (SSSR count). The van der Waals surface area contributed by atoms with Crippen molar-refractivity contribution in [1.82, 2.24) is 4.90 Å². The number of piperidine rings is 1. The quantitative estimate of drug-likeness (QED) is 0.893. The molecule has 2 atom stereocenters. The Morgan fingerprint density at radius 2 is 2.00 bits per heavy atom. The van der Waals surface area contributed by atoms with E-state index in [1.165, 1.54) is 7.11 Å². The van der Waals surface area contributed by atoms with E-state index in [1.54, 1.807) is 30.4 Å². The summed E-state index contributed by atoms with van der Waals surface area (Å²) < 4.78 is 10.5. The molecular formula is C15H18N2O4. The van der Waals surface area contributed by atoms with Crippen molar-refractivity contribution in [1.29, 1.82) is 0 Å². The van der Waals surface area contributed by atoms with Gasteiger partial charge in [0.25, 0.3) is 5.91 Å². The van der Waals surface area contributed by atoms with Crippen LogP contribution in [0.4, 0.5) is 5.69 Å². The molecule has 1 unspecified atom stereocenters. The lowest BCUT2D eigenvalue weighted by Crippen LogP contribution is -2.47. The van der Waals surface area contributed by atoms with Crippen LogP contribution in [0.5, 0.6) is 11.5 Å². The highest BCUT2D eigenvalue weighted by Gasteiger charge is 2.33. The molecule has 1 aromatic rings. The number of amides is 1. The lowest BCUT2D eigenvalue weighted by molar-refractivity contribution is 0.0466. The van der Waals surface area contributed by atoms with Gasteiger partial charge in [0.2, 0.25) is 0 Å². The van der Waals surface area contributed by atoms with Crippen LogP contribution in [0.25, 0.3) is 0 Å². The molecule has 2 heterocycles. The molecule has 1 aromatic carbocycles. The fourth-order valence-electron chi connectivity index (χ4n) is 2.84. The van der Waals surface area contributed by atoms with Gasteiger partial charge in [-0.3, -0.25) is 9.79 Å². The van der Waals surface area contributed by atoms with E-state index in [0.29, 0.717) is 42.1 Å². The second kappa shape index (κ2) is 5.37. The molecule has 6 heteroatoms. The summed E-state index contributed by atoms with van der Waals surface area (Å²) in [6.45, 7) is 0.532. The third-order valence-electron chi connectivity index (χ3n) is 4.00. The molecule has 1 amide bonds. The molecular weight excluding hydrogens is 272 g/mol. The van der Waals surface area contributed by atoms with Gasteiger partial charge < -0.3 is 19.5 Å². The topological polar surface area (TPSA) is 71.4 Å². The van der Waals surface area contributed by atoms with E-state index in [4.69, 9.17) is 9.47 Å². The number of nitrogens with zero attached hydrogens (tertiary/aromatic N) is 2. The molecule has 0 spiro atoms. The van der Waals surface area contributed by atoms with Gasteiger partial charge >= 0.3 is 0 Å². The number of aliphatic hydroxyl groups is 1. The first-order chi connectivity index (χ1) is 10.1. The second-order valence-corrected chi connectivity index (χ2v) is 5.25. The fraction of sp³-hybridized carbons (Fsp3) is 0.467. The Balaban J connectivity index is 2.05. The number of hydrogen-bond acceptors (Lipinski definition) is 5. The Bertz CT molecular complexity index is 600. The van der Waals surface area contributed by atoms with Gasteiger partial charge in [0.1, 0.15) is 0 Å². The van der Waals surface area contributed by atoms with Gasteiger partial charge in [0.15, 0.2) is 11.5 Å². The number of hydrogen-bond donors (Lipinski definition) is 1. The summed E-state index contributed by atoms with van der Waals surface area (Å²) in [6, 6.07) is 3.21. The first kappa shape index (κ1) is 13.9.